The number of alkyl carbamates (subject to hydrolysis) is 2. The summed E-state index contributed by atoms with van der Waals surface area (Å²) in [6.07, 6.45) is -1.35. The van der Waals surface area contributed by atoms with E-state index in [1.165, 1.54) is 5.56 Å². The Bertz CT molecular complexity index is 2280. The molecule has 12 heteroatoms. The number of hydrogen-bond acceptors (Lipinski definition) is 9. The summed E-state index contributed by atoms with van der Waals surface area (Å²) < 4.78 is 15.7. The summed E-state index contributed by atoms with van der Waals surface area (Å²) in [5.74, 6) is 10.9. The second-order valence-electron chi connectivity index (χ2n) is 14.9. The summed E-state index contributed by atoms with van der Waals surface area (Å²) in [7, 11) is 0. The predicted octanol–water partition coefficient (Wildman–Crippen LogP) is 6.50. The fourth-order valence-electron chi connectivity index (χ4n) is 6.59. The smallest absolute Gasteiger partial charge is 0.408 e. The monoisotopic (exact) mass is 782 g/mol. The molecule has 0 saturated carbocycles. The van der Waals surface area contributed by atoms with Gasteiger partial charge in [0, 0.05) is 54.0 Å². The number of amides is 2. The van der Waals surface area contributed by atoms with Gasteiger partial charge in [-0.1, -0.05) is 66.1 Å². The standard InChI is InChI=1S/C46H46N4O8/c1-5-56-43(53)38(47-45(55)58-46(2,3)4)13-9-12-32-20-22-40-36(24-32)27-49-30-50(40)28-37-25-33(21-23-41(37)49)17-14-31-15-18-34(19-16-31)26-39(42(51)52)48-44(54)57-29-35-10-7-6-8-11-35/h6-8,10-11,15-16,18-25,38-39H,5,13,26-30H2,1-4H3,(H,47,55)(H,48,54)(H,51,52)/t38-,39-/m0/s1. The molecule has 0 aromatic heterocycles. The van der Waals surface area contributed by atoms with Gasteiger partial charge in [0.25, 0.3) is 0 Å². The number of hydrogen-bond donors (Lipinski definition) is 3. The van der Waals surface area contributed by atoms with E-state index >= 15 is 0 Å². The lowest BCUT2D eigenvalue weighted by atomic mass is 9.98. The molecule has 2 heterocycles. The van der Waals surface area contributed by atoms with Crippen molar-refractivity contribution >= 4 is 35.5 Å². The molecule has 3 N–H and O–H groups in total. The molecule has 0 fully saturated rings. The van der Waals surface area contributed by atoms with E-state index in [1.807, 2.05) is 66.7 Å². The van der Waals surface area contributed by atoms with E-state index in [1.54, 1.807) is 27.7 Å². The first-order chi connectivity index (χ1) is 27.8. The molecule has 6 rings (SSSR count). The first-order valence-corrected chi connectivity index (χ1v) is 19.1. The topological polar surface area (TPSA) is 147 Å². The van der Waals surface area contributed by atoms with Crippen LogP contribution < -0.4 is 20.4 Å². The van der Waals surface area contributed by atoms with Gasteiger partial charge in [-0.3, -0.25) is 0 Å². The minimum atomic E-state index is -1.16. The van der Waals surface area contributed by atoms with Crippen LogP contribution in [0.4, 0.5) is 21.0 Å². The quantitative estimate of drug-likeness (QED) is 0.0926. The largest absolute Gasteiger partial charge is 0.480 e. The van der Waals surface area contributed by atoms with Crippen molar-refractivity contribution in [3.8, 4) is 23.7 Å². The Morgan fingerprint density at radius 3 is 1.91 bits per heavy atom. The van der Waals surface area contributed by atoms with Gasteiger partial charge in [0.05, 0.1) is 13.3 Å². The zero-order chi connectivity index (χ0) is 41.2. The molecule has 0 aliphatic carbocycles. The van der Waals surface area contributed by atoms with E-state index in [9.17, 15) is 24.3 Å². The highest BCUT2D eigenvalue weighted by atomic mass is 16.6. The number of carbonyl (C=O) groups excluding carboxylic acids is 3. The molecule has 0 spiro atoms. The number of carbonyl (C=O) groups is 4. The minimum Gasteiger partial charge on any atom is -0.480 e. The van der Waals surface area contributed by atoms with Gasteiger partial charge in [0.1, 0.15) is 24.3 Å². The van der Waals surface area contributed by atoms with Crippen molar-refractivity contribution in [3.63, 3.8) is 0 Å². The molecular weight excluding hydrogens is 737 g/mol. The number of carboxylic acids is 1. The van der Waals surface area contributed by atoms with Crippen molar-refractivity contribution in [2.75, 3.05) is 23.1 Å². The highest BCUT2D eigenvalue weighted by Crippen LogP contribution is 2.38. The molecule has 4 aromatic rings. The second kappa shape index (κ2) is 18.4. The van der Waals surface area contributed by atoms with Gasteiger partial charge in [-0.25, -0.2) is 19.2 Å². The average Bonchev–Trinajstić information content (AvgIpc) is 3.18. The van der Waals surface area contributed by atoms with Gasteiger partial charge < -0.3 is 39.8 Å². The number of aliphatic carboxylic acids is 1. The lowest BCUT2D eigenvalue weighted by molar-refractivity contribution is -0.145. The summed E-state index contributed by atoms with van der Waals surface area (Å²) in [6, 6.07) is 26.7. The molecule has 0 radical (unpaired) electrons. The Morgan fingerprint density at radius 2 is 1.31 bits per heavy atom. The SMILES string of the molecule is CCOC(=O)[C@H](CC#Cc1ccc2c(c1)CN1CN2Cc2cc(C#Cc3ccc(C[C@H](NC(=O)OCc4ccccc4)C(=O)O)cc3)ccc21)NC(=O)OC(C)(C)C. The third-order valence-corrected chi connectivity index (χ3v) is 9.25. The maximum atomic E-state index is 12.5. The van der Waals surface area contributed by atoms with Crippen LogP contribution in [0, 0.1) is 23.7 Å². The highest BCUT2D eigenvalue weighted by molar-refractivity contribution is 5.82. The number of esters is 1. The second-order valence-corrected chi connectivity index (χ2v) is 14.9. The molecule has 0 saturated heterocycles. The van der Waals surface area contributed by atoms with Crippen LogP contribution in [-0.2, 0) is 49.9 Å². The van der Waals surface area contributed by atoms with Crippen LogP contribution in [0.5, 0.6) is 0 Å². The zero-order valence-electron chi connectivity index (χ0n) is 33.0. The number of ether oxygens (including phenoxy) is 3. The first-order valence-electron chi connectivity index (χ1n) is 19.1. The molecule has 58 heavy (non-hydrogen) atoms. The van der Waals surface area contributed by atoms with E-state index in [4.69, 9.17) is 14.2 Å². The van der Waals surface area contributed by atoms with Crippen LogP contribution in [0.2, 0.25) is 0 Å². The maximum absolute atomic E-state index is 12.5. The number of fused-ring (bicyclic) bond motifs is 6. The van der Waals surface area contributed by atoms with Crippen molar-refractivity contribution in [1.82, 2.24) is 10.6 Å². The normalized spacial score (nSPS) is 13.4. The Labute approximate surface area is 338 Å². The molecule has 2 atom stereocenters. The summed E-state index contributed by atoms with van der Waals surface area (Å²) in [6.45, 7) is 9.35. The highest BCUT2D eigenvalue weighted by Gasteiger charge is 2.30. The van der Waals surface area contributed by atoms with Crippen LogP contribution in [-0.4, -0.2) is 60.2 Å². The van der Waals surface area contributed by atoms with Crippen molar-refractivity contribution in [3.05, 3.63) is 130 Å². The summed E-state index contributed by atoms with van der Waals surface area (Å²) in [5.41, 5.74) is 7.86. The third-order valence-electron chi connectivity index (χ3n) is 9.25. The minimum absolute atomic E-state index is 0.0438. The molecule has 2 amide bonds. The third kappa shape index (κ3) is 11.1. The van der Waals surface area contributed by atoms with Gasteiger partial charge in [-0.05, 0) is 98.5 Å². The van der Waals surface area contributed by atoms with Crippen LogP contribution in [0.25, 0.3) is 0 Å². The number of rotatable bonds is 10. The van der Waals surface area contributed by atoms with Gasteiger partial charge in [0.15, 0.2) is 0 Å². The van der Waals surface area contributed by atoms with Gasteiger partial charge in [-0.2, -0.15) is 0 Å². The first kappa shape index (κ1) is 40.7. The Balaban J connectivity index is 1.06. The van der Waals surface area contributed by atoms with Gasteiger partial charge in [0.2, 0.25) is 0 Å². The summed E-state index contributed by atoms with van der Waals surface area (Å²) in [5, 5.41) is 14.7. The van der Waals surface area contributed by atoms with Gasteiger partial charge in [-0.15, -0.1) is 0 Å². The van der Waals surface area contributed by atoms with Crippen LogP contribution in [0.1, 0.15) is 73.1 Å². The van der Waals surface area contributed by atoms with E-state index in [0.717, 1.165) is 51.4 Å². The number of nitrogens with zero attached hydrogens (tertiary/aromatic N) is 2. The Morgan fingerprint density at radius 1 is 0.724 bits per heavy atom. The molecule has 12 nitrogen and oxygen atoms in total. The molecule has 0 unspecified atom stereocenters. The Kier molecular flexibility index (Phi) is 12.9. The molecule has 298 valence electrons. The summed E-state index contributed by atoms with van der Waals surface area (Å²) >= 11 is 0. The number of benzene rings is 4. The zero-order valence-corrected chi connectivity index (χ0v) is 33.0. The van der Waals surface area contributed by atoms with Gasteiger partial charge >= 0.3 is 24.1 Å². The molecular formula is C46H46N4O8. The fourth-order valence-corrected chi connectivity index (χ4v) is 6.59. The Hall–Kier alpha value is -6.92. The molecule has 4 aromatic carbocycles. The number of carboxylic acid groups (broad SMARTS) is 1. The van der Waals surface area contributed by atoms with Crippen molar-refractivity contribution in [1.29, 1.82) is 0 Å². The number of anilines is 2. The van der Waals surface area contributed by atoms with E-state index in [2.05, 4.69) is 68.4 Å². The van der Waals surface area contributed by atoms with Crippen molar-refractivity contribution in [2.45, 2.75) is 77.9 Å². The van der Waals surface area contributed by atoms with Crippen molar-refractivity contribution < 1.29 is 38.5 Å². The molecule has 2 aliphatic rings. The van der Waals surface area contributed by atoms with Crippen molar-refractivity contribution in [2.24, 2.45) is 0 Å². The molecule has 2 bridgehead atoms. The maximum Gasteiger partial charge on any atom is 0.408 e. The lowest BCUT2D eigenvalue weighted by Crippen LogP contribution is -2.46. The average molecular weight is 783 g/mol. The van der Waals surface area contributed by atoms with Crippen LogP contribution in [0.3, 0.4) is 0 Å². The predicted molar refractivity (Wildman–Crippen MR) is 219 cm³/mol. The number of nitrogens with one attached hydrogen (secondary N) is 2. The van der Waals surface area contributed by atoms with E-state index in [-0.39, 0.29) is 26.1 Å². The van der Waals surface area contributed by atoms with E-state index < -0.39 is 41.8 Å². The fraction of sp³-hybridized carbons (Fsp3) is 0.304. The summed E-state index contributed by atoms with van der Waals surface area (Å²) in [4.78, 5) is 53.7. The van der Waals surface area contributed by atoms with E-state index in [0.29, 0.717) is 13.1 Å². The molecule has 2 aliphatic heterocycles. The van der Waals surface area contributed by atoms with Crippen LogP contribution >= 0.6 is 0 Å². The lowest BCUT2D eigenvalue weighted by Gasteiger charge is -2.44. The van der Waals surface area contributed by atoms with Crippen LogP contribution in [0.15, 0.2) is 91.0 Å².